The summed E-state index contributed by atoms with van der Waals surface area (Å²) in [6.45, 7) is 2.96. The maximum absolute atomic E-state index is 13.5. The van der Waals surface area contributed by atoms with E-state index in [1.54, 1.807) is 6.07 Å². The Morgan fingerprint density at radius 2 is 2.29 bits per heavy atom. The molecule has 1 aliphatic heterocycles. The molecule has 1 aromatic rings. The van der Waals surface area contributed by atoms with Crippen LogP contribution in [0, 0.1) is 11.7 Å². The van der Waals surface area contributed by atoms with Crippen LogP contribution in [0.5, 0.6) is 0 Å². The Balaban J connectivity index is 2.37. The Morgan fingerprint density at radius 1 is 1.59 bits per heavy atom. The summed E-state index contributed by atoms with van der Waals surface area (Å²) in [5.74, 6) is 0.0663. The van der Waals surface area contributed by atoms with E-state index in [-0.39, 0.29) is 18.5 Å². The lowest BCUT2D eigenvalue weighted by Crippen LogP contribution is -2.35. The van der Waals surface area contributed by atoms with Crippen molar-refractivity contribution in [1.82, 2.24) is 0 Å². The molecule has 1 saturated heterocycles. The first-order chi connectivity index (χ1) is 8.04. The first-order valence-electron chi connectivity index (χ1n) is 5.66. The molecular weight excluding hydrogens is 287 g/mol. The lowest BCUT2D eigenvalue weighted by molar-refractivity contribution is 0.245. The molecule has 0 amide bonds. The van der Waals surface area contributed by atoms with E-state index in [9.17, 15) is 9.50 Å². The van der Waals surface area contributed by atoms with Gasteiger partial charge >= 0.3 is 0 Å². The van der Waals surface area contributed by atoms with Crippen LogP contribution >= 0.6 is 15.9 Å². The second-order valence-corrected chi connectivity index (χ2v) is 5.39. The topological polar surface area (TPSA) is 49.5 Å². The van der Waals surface area contributed by atoms with Gasteiger partial charge < -0.3 is 15.7 Å². The molecule has 0 saturated carbocycles. The number of benzene rings is 1. The fraction of sp³-hybridized carbons (Fsp3) is 0.500. The van der Waals surface area contributed by atoms with Crippen molar-refractivity contribution in [3.63, 3.8) is 0 Å². The summed E-state index contributed by atoms with van der Waals surface area (Å²) in [6, 6.07) is 3.03. The van der Waals surface area contributed by atoms with Gasteiger partial charge in [0.15, 0.2) is 0 Å². The van der Waals surface area contributed by atoms with E-state index in [1.807, 2.05) is 4.90 Å². The van der Waals surface area contributed by atoms with Crippen LogP contribution in [0.25, 0.3) is 0 Å². The molecule has 3 N–H and O–H groups in total. The van der Waals surface area contributed by atoms with Gasteiger partial charge in [-0.3, -0.25) is 0 Å². The first-order valence-corrected chi connectivity index (χ1v) is 6.46. The van der Waals surface area contributed by atoms with Gasteiger partial charge in [-0.2, -0.15) is 0 Å². The molecule has 2 rings (SSSR count). The average molecular weight is 303 g/mol. The maximum atomic E-state index is 13.5. The summed E-state index contributed by atoms with van der Waals surface area (Å²) >= 11 is 3.11. The van der Waals surface area contributed by atoms with Crippen LogP contribution in [-0.4, -0.2) is 24.3 Å². The summed E-state index contributed by atoms with van der Waals surface area (Å²) in [7, 11) is 0. The molecule has 2 atom stereocenters. The number of hydrogen-bond donors (Lipinski definition) is 2. The van der Waals surface area contributed by atoms with Crippen LogP contribution in [0.3, 0.4) is 0 Å². The van der Waals surface area contributed by atoms with Crippen molar-refractivity contribution >= 4 is 27.3 Å². The molecule has 0 bridgehead atoms. The quantitative estimate of drug-likeness (QED) is 0.825. The standard InChI is InChI=1S/C12H16BrFN2O/c1-7-2-3-16(12(7)6-17)11-5-9(14)8(13)4-10(11)15/h4-5,7,12,17H,2-3,6,15H2,1H3. The molecule has 1 aromatic carbocycles. The summed E-state index contributed by atoms with van der Waals surface area (Å²) in [5.41, 5.74) is 7.12. The number of nitrogens with zero attached hydrogens (tertiary/aromatic N) is 1. The van der Waals surface area contributed by atoms with E-state index in [0.717, 1.165) is 13.0 Å². The van der Waals surface area contributed by atoms with Crippen LogP contribution in [0.1, 0.15) is 13.3 Å². The largest absolute Gasteiger partial charge is 0.397 e. The van der Waals surface area contributed by atoms with Crippen LogP contribution in [0.2, 0.25) is 0 Å². The van der Waals surface area contributed by atoms with E-state index in [4.69, 9.17) is 5.73 Å². The monoisotopic (exact) mass is 302 g/mol. The van der Waals surface area contributed by atoms with Crippen LogP contribution in [0.15, 0.2) is 16.6 Å². The van der Waals surface area contributed by atoms with Crippen molar-refractivity contribution in [3.05, 3.63) is 22.4 Å². The van der Waals surface area contributed by atoms with Gasteiger partial charge in [0.1, 0.15) is 5.82 Å². The van der Waals surface area contributed by atoms with Crippen molar-refractivity contribution in [1.29, 1.82) is 0 Å². The molecule has 3 nitrogen and oxygen atoms in total. The number of aliphatic hydroxyl groups excluding tert-OH is 1. The molecular formula is C12H16BrFN2O. The zero-order valence-electron chi connectivity index (χ0n) is 9.66. The third-order valence-electron chi connectivity index (χ3n) is 3.45. The highest BCUT2D eigenvalue weighted by atomic mass is 79.9. The third kappa shape index (κ3) is 2.26. The van der Waals surface area contributed by atoms with E-state index in [1.165, 1.54) is 6.07 Å². The van der Waals surface area contributed by atoms with Gasteiger partial charge in [-0.25, -0.2) is 4.39 Å². The predicted molar refractivity (Wildman–Crippen MR) is 70.5 cm³/mol. The zero-order chi connectivity index (χ0) is 12.6. The smallest absolute Gasteiger partial charge is 0.139 e. The SMILES string of the molecule is CC1CCN(c2cc(F)c(Br)cc2N)C1CO. The molecule has 94 valence electrons. The van der Waals surface area contributed by atoms with Crippen molar-refractivity contribution in [2.45, 2.75) is 19.4 Å². The minimum Gasteiger partial charge on any atom is -0.397 e. The third-order valence-corrected chi connectivity index (χ3v) is 4.06. The van der Waals surface area contributed by atoms with Gasteiger partial charge in [-0.05, 0) is 34.3 Å². The first kappa shape index (κ1) is 12.6. The van der Waals surface area contributed by atoms with Gasteiger partial charge in [0.25, 0.3) is 0 Å². The van der Waals surface area contributed by atoms with Crippen molar-refractivity contribution in [2.75, 3.05) is 23.8 Å². The second-order valence-electron chi connectivity index (χ2n) is 4.53. The van der Waals surface area contributed by atoms with E-state index >= 15 is 0 Å². The van der Waals surface area contributed by atoms with E-state index in [2.05, 4.69) is 22.9 Å². The van der Waals surface area contributed by atoms with Gasteiger partial charge in [0, 0.05) is 12.6 Å². The lowest BCUT2D eigenvalue weighted by atomic mass is 10.0. The fourth-order valence-electron chi connectivity index (χ4n) is 2.39. The van der Waals surface area contributed by atoms with Gasteiger partial charge in [-0.15, -0.1) is 0 Å². The molecule has 1 heterocycles. The molecule has 0 aliphatic carbocycles. The highest BCUT2D eigenvalue weighted by molar-refractivity contribution is 9.10. The number of anilines is 2. The number of nitrogens with two attached hydrogens (primary N) is 1. The molecule has 1 aliphatic rings. The average Bonchev–Trinajstić information content (AvgIpc) is 2.64. The normalized spacial score (nSPS) is 24.4. The number of halogens is 2. The Labute approximate surface area is 109 Å². The van der Waals surface area contributed by atoms with Gasteiger partial charge in [-0.1, -0.05) is 6.92 Å². The maximum Gasteiger partial charge on any atom is 0.139 e. The van der Waals surface area contributed by atoms with Crippen LogP contribution in [0.4, 0.5) is 15.8 Å². The van der Waals surface area contributed by atoms with E-state index in [0.29, 0.717) is 21.8 Å². The molecule has 0 aromatic heterocycles. The molecule has 17 heavy (non-hydrogen) atoms. The second kappa shape index (κ2) is 4.82. The molecule has 0 radical (unpaired) electrons. The van der Waals surface area contributed by atoms with Gasteiger partial charge in [0.05, 0.1) is 28.5 Å². The van der Waals surface area contributed by atoms with E-state index < -0.39 is 0 Å². The lowest BCUT2D eigenvalue weighted by Gasteiger charge is -2.28. The summed E-state index contributed by atoms with van der Waals surface area (Å²) < 4.78 is 13.9. The number of rotatable bonds is 2. The highest BCUT2D eigenvalue weighted by Crippen LogP contribution is 2.35. The molecule has 0 spiro atoms. The van der Waals surface area contributed by atoms with Crippen LogP contribution < -0.4 is 10.6 Å². The summed E-state index contributed by atoms with van der Waals surface area (Å²) in [6.07, 6.45) is 0.988. The summed E-state index contributed by atoms with van der Waals surface area (Å²) in [5, 5.41) is 9.40. The van der Waals surface area contributed by atoms with Gasteiger partial charge in [0.2, 0.25) is 0 Å². The van der Waals surface area contributed by atoms with Crippen molar-refractivity contribution < 1.29 is 9.50 Å². The highest BCUT2D eigenvalue weighted by Gasteiger charge is 2.31. The van der Waals surface area contributed by atoms with Crippen LogP contribution in [-0.2, 0) is 0 Å². The number of hydrogen-bond acceptors (Lipinski definition) is 3. The minimum absolute atomic E-state index is 0.0258. The Kier molecular flexibility index (Phi) is 3.58. The Bertz CT molecular complexity index is 427. The number of aliphatic hydroxyl groups is 1. The molecule has 2 unspecified atom stereocenters. The van der Waals surface area contributed by atoms with Crippen molar-refractivity contribution in [2.24, 2.45) is 5.92 Å². The Hall–Kier alpha value is -0.810. The Morgan fingerprint density at radius 3 is 2.94 bits per heavy atom. The number of nitrogen functional groups attached to an aromatic ring is 1. The van der Waals surface area contributed by atoms with Crippen molar-refractivity contribution in [3.8, 4) is 0 Å². The molecule has 1 fully saturated rings. The fourth-order valence-corrected chi connectivity index (χ4v) is 2.75. The molecule has 5 heteroatoms. The predicted octanol–water partition coefficient (Wildman–Crippen LogP) is 2.38. The zero-order valence-corrected chi connectivity index (χ0v) is 11.2. The summed E-state index contributed by atoms with van der Waals surface area (Å²) in [4.78, 5) is 2.00. The minimum atomic E-state index is -0.328.